The molecule has 2 N–H and O–H groups in total. The number of hydrogen-bond acceptors (Lipinski definition) is 3. The monoisotopic (exact) mass is 382 g/mol. The van der Waals surface area contributed by atoms with E-state index in [0.29, 0.717) is 6.54 Å². The molecule has 1 aliphatic heterocycles. The topological polar surface area (TPSA) is 46.0 Å². The Hall–Kier alpha value is -2.53. The largest absolute Gasteiger partial charge is 0.484 e. The second-order valence-electron chi connectivity index (χ2n) is 7.81. The van der Waals surface area contributed by atoms with Gasteiger partial charge in [0.05, 0.1) is 19.6 Å². The Kier molecular flexibility index (Phi) is 6.93. The highest BCUT2D eigenvalue weighted by molar-refractivity contribution is 5.77. The maximum Gasteiger partial charge on any atom is 0.258 e. The first-order chi connectivity index (χ1) is 13.5. The van der Waals surface area contributed by atoms with Gasteiger partial charge in [-0.2, -0.15) is 0 Å². The Morgan fingerprint density at radius 3 is 2.50 bits per heavy atom. The summed E-state index contributed by atoms with van der Waals surface area (Å²) in [5.41, 5.74) is 3.59. The first-order valence-electron chi connectivity index (χ1n) is 10.1. The van der Waals surface area contributed by atoms with E-state index < -0.39 is 0 Å². The summed E-state index contributed by atoms with van der Waals surface area (Å²) in [6.07, 6.45) is 2.51. The summed E-state index contributed by atoms with van der Waals surface area (Å²) in [6, 6.07) is 16.7. The van der Waals surface area contributed by atoms with E-state index in [1.807, 2.05) is 45.3 Å². The van der Waals surface area contributed by atoms with E-state index in [2.05, 4.69) is 34.5 Å². The maximum atomic E-state index is 12.3. The van der Waals surface area contributed by atoms with Crippen LogP contribution < -0.4 is 19.9 Å². The van der Waals surface area contributed by atoms with Crippen molar-refractivity contribution in [2.75, 3.05) is 45.2 Å². The summed E-state index contributed by atoms with van der Waals surface area (Å²) in [4.78, 5) is 16.0. The molecule has 5 heteroatoms. The molecule has 5 nitrogen and oxygen atoms in total. The Labute approximate surface area is 168 Å². The van der Waals surface area contributed by atoms with Crippen LogP contribution in [0.15, 0.2) is 48.5 Å². The lowest BCUT2D eigenvalue weighted by Gasteiger charge is -2.26. The number of quaternary nitrogens is 1. The van der Waals surface area contributed by atoms with Gasteiger partial charge < -0.3 is 19.9 Å². The first kappa shape index (κ1) is 20.2. The van der Waals surface area contributed by atoms with Gasteiger partial charge in [-0.1, -0.05) is 24.3 Å². The fraction of sp³-hybridized carbons (Fsp3) is 0.435. The Bertz CT molecular complexity index is 768. The highest BCUT2D eigenvalue weighted by atomic mass is 16.5. The minimum atomic E-state index is -0.0741. The second kappa shape index (κ2) is 9.60. The summed E-state index contributed by atoms with van der Waals surface area (Å²) in [5.74, 6) is 0.658. The molecule has 0 bridgehead atoms. The van der Waals surface area contributed by atoms with E-state index in [0.717, 1.165) is 24.4 Å². The van der Waals surface area contributed by atoms with Crippen molar-refractivity contribution in [2.24, 2.45) is 0 Å². The van der Waals surface area contributed by atoms with Gasteiger partial charge in [0, 0.05) is 38.2 Å². The van der Waals surface area contributed by atoms with Gasteiger partial charge in [-0.15, -0.1) is 0 Å². The molecule has 28 heavy (non-hydrogen) atoms. The third-order valence-corrected chi connectivity index (χ3v) is 5.41. The molecule has 0 radical (unpaired) electrons. The van der Waals surface area contributed by atoms with E-state index in [1.165, 1.54) is 24.1 Å². The molecule has 2 aromatic rings. The number of amides is 1. The molecule has 0 aromatic heterocycles. The molecular weight excluding hydrogens is 350 g/mol. The molecule has 0 unspecified atom stereocenters. The number of nitrogens with one attached hydrogen (secondary N) is 2. The summed E-state index contributed by atoms with van der Waals surface area (Å²) in [6.45, 7) is 5.02. The molecule has 1 amide bonds. The van der Waals surface area contributed by atoms with Gasteiger partial charge in [0.15, 0.2) is 6.61 Å². The molecule has 0 saturated carbocycles. The number of ether oxygens (including phenoxy) is 1. The minimum Gasteiger partial charge on any atom is -0.484 e. The molecule has 1 saturated heterocycles. The summed E-state index contributed by atoms with van der Waals surface area (Å²) < 4.78 is 5.63. The van der Waals surface area contributed by atoms with Crippen LogP contribution in [0.2, 0.25) is 0 Å². The lowest BCUT2D eigenvalue weighted by Crippen LogP contribution is -3.11. The van der Waals surface area contributed by atoms with Crippen LogP contribution in [-0.4, -0.2) is 46.2 Å². The third-order valence-electron chi connectivity index (χ3n) is 5.41. The SMILES string of the molecule is Cc1cccc(OCC(=O)NC[C@@H](c2ccc(N(C)C)cc2)[NH+]2CCCC2)c1. The number of carbonyl (C=O) groups excluding carboxylic acids is 1. The predicted molar refractivity (Wildman–Crippen MR) is 113 cm³/mol. The number of rotatable bonds is 8. The van der Waals surface area contributed by atoms with Crippen molar-refractivity contribution in [3.63, 3.8) is 0 Å². The van der Waals surface area contributed by atoms with Crippen LogP contribution in [0.5, 0.6) is 5.75 Å². The molecule has 150 valence electrons. The van der Waals surface area contributed by atoms with Crippen LogP contribution in [0.25, 0.3) is 0 Å². The highest BCUT2D eigenvalue weighted by Gasteiger charge is 2.27. The summed E-state index contributed by atoms with van der Waals surface area (Å²) in [7, 11) is 4.10. The molecule has 2 aromatic carbocycles. The van der Waals surface area contributed by atoms with E-state index in [-0.39, 0.29) is 18.6 Å². The van der Waals surface area contributed by atoms with Crippen molar-refractivity contribution in [1.82, 2.24) is 5.32 Å². The second-order valence-corrected chi connectivity index (χ2v) is 7.81. The van der Waals surface area contributed by atoms with Crippen LogP contribution in [0, 0.1) is 6.92 Å². The lowest BCUT2D eigenvalue weighted by atomic mass is 10.0. The summed E-state index contributed by atoms with van der Waals surface area (Å²) >= 11 is 0. The molecule has 0 spiro atoms. The van der Waals surface area contributed by atoms with Gasteiger partial charge in [0.1, 0.15) is 11.8 Å². The van der Waals surface area contributed by atoms with Crippen molar-refractivity contribution in [3.05, 3.63) is 59.7 Å². The van der Waals surface area contributed by atoms with E-state index in [9.17, 15) is 4.79 Å². The van der Waals surface area contributed by atoms with Crippen molar-refractivity contribution in [3.8, 4) is 5.75 Å². The van der Waals surface area contributed by atoms with Crippen LogP contribution in [0.1, 0.15) is 30.0 Å². The molecule has 3 rings (SSSR count). The third kappa shape index (κ3) is 5.49. The fourth-order valence-electron chi connectivity index (χ4n) is 3.80. The zero-order valence-electron chi connectivity index (χ0n) is 17.2. The van der Waals surface area contributed by atoms with Crippen molar-refractivity contribution in [2.45, 2.75) is 25.8 Å². The molecule has 1 heterocycles. The summed E-state index contributed by atoms with van der Waals surface area (Å²) in [5, 5.41) is 3.09. The Morgan fingerprint density at radius 1 is 1.14 bits per heavy atom. The van der Waals surface area contributed by atoms with Gasteiger partial charge in [-0.05, 0) is 36.8 Å². The van der Waals surface area contributed by atoms with Gasteiger partial charge in [0.25, 0.3) is 5.91 Å². The Morgan fingerprint density at radius 2 is 1.86 bits per heavy atom. The molecular formula is C23H32N3O2+. The molecule has 1 atom stereocenters. The van der Waals surface area contributed by atoms with Crippen LogP contribution in [0.3, 0.4) is 0 Å². The first-order valence-corrected chi connectivity index (χ1v) is 10.1. The number of aryl methyl sites for hydroxylation is 1. The Balaban J connectivity index is 1.59. The van der Waals surface area contributed by atoms with Crippen molar-refractivity contribution < 1.29 is 14.4 Å². The van der Waals surface area contributed by atoms with Gasteiger partial charge >= 0.3 is 0 Å². The number of likely N-dealkylation sites (tertiary alicyclic amines) is 1. The zero-order valence-corrected chi connectivity index (χ0v) is 17.2. The van der Waals surface area contributed by atoms with Crippen LogP contribution in [-0.2, 0) is 4.79 Å². The van der Waals surface area contributed by atoms with Crippen molar-refractivity contribution >= 4 is 11.6 Å². The number of nitrogens with zero attached hydrogens (tertiary/aromatic N) is 1. The standard InChI is InChI=1S/C23H31N3O2/c1-18-7-6-8-21(15-18)28-17-23(27)24-16-22(26-13-4-5-14-26)19-9-11-20(12-10-19)25(2)3/h6-12,15,22H,4-5,13-14,16-17H2,1-3H3,(H,24,27)/p+1/t22-/m0/s1. The quantitative estimate of drug-likeness (QED) is 0.734. The molecule has 1 fully saturated rings. The zero-order chi connectivity index (χ0) is 19.9. The minimum absolute atomic E-state index is 0.0467. The number of benzene rings is 2. The normalized spacial score (nSPS) is 15.2. The lowest BCUT2D eigenvalue weighted by molar-refractivity contribution is -0.918. The van der Waals surface area contributed by atoms with Gasteiger partial charge in [0.2, 0.25) is 0 Å². The average Bonchev–Trinajstić information content (AvgIpc) is 3.21. The number of carbonyl (C=O) groups is 1. The number of hydrogen-bond donors (Lipinski definition) is 2. The molecule has 1 aliphatic rings. The van der Waals surface area contributed by atoms with E-state index >= 15 is 0 Å². The maximum absolute atomic E-state index is 12.3. The smallest absolute Gasteiger partial charge is 0.258 e. The van der Waals surface area contributed by atoms with Gasteiger partial charge in [-0.3, -0.25) is 4.79 Å². The van der Waals surface area contributed by atoms with Gasteiger partial charge in [-0.25, -0.2) is 0 Å². The van der Waals surface area contributed by atoms with Crippen molar-refractivity contribution in [1.29, 1.82) is 0 Å². The average molecular weight is 383 g/mol. The van der Waals surface area contributed by atoms with E-state index in [4.69, 9.17) is 4.74 Å². The number of anilines is 1. The van der Waals surface area contributed by atoms with Crippen LogP contribution >= 0.6 is 0 Å². The van der Waals surface area contributed by atoms with Crippen LogP contribution in [0.4, 0.5) is 5.69 Å². The predicted octanol–water partition coefficient (Wildman–Crippen LogP) is 1.98. The van der Waals surface area contributed by atoms with E-state index in [1.54, 1.807) is 4.90 Å². The molecule has 0 aliphatic carbocycles. The fourth-order valence-corrected chi connectivity index (χ4v) is 3.80. The highest BCUT2D eigenvalue weighted by Crippen LogP contribution is 2.17.